The van der Waals surface area contributed by atoms with Crippen LogP contribution in [0.15, 0.2) is 48.7 Å². The van der Waals surface area contributed by atoms with Crippen molar-refractivity contribution in [1.29, 1.82) is 0 Å². The second-order valence-corrected chi connectivity index (χ2v) is 6.73. The molecule has 0 aliphatic heterocycles. The molecule has 1 heterocycles. The van der Waals surface area contributed by atoms with E-state index in [-0.39, 0.29) is 18.3 Å². The fourth-order valence-electron chi connectivity index (χ4n) is 2.78. The van der Waals surface area contributed by atoms with Crippen LogP contribution in [0.3, 0.4) is 0 Å². The van der Waals surface area contributed by atoms with E-state index in [1.165, 1.54) is 6.07 Å². The first-order chi connectivity index (χ1) is 11.4. The van der Waals surface area contributed by atoms with Crippen LogP contribution in [0.25, 0.3) is 10.9 Å². The second-order valence-electron chi connectivity index (χ2n) is 6.29. The molecule has 24 heavy (non-hydrogen) atoms. The molecule has 0 unspecified atom stereocenters. The number of nitrogens with one attached hydrogen (secondary N) is 2. The molecule has 0 saturated carbocycles. The zero-order valence-electron chi connectivity index (χ0n) is 13.5. The number of carbonyl (C=O) groups excluding carboxylic acids is 1. The van der Waals surface area contributed by atoms with Gasteiger partial charge in [-0.3, -0.25) is 4.79 Å². The minimum absolute atomic E-state index is 0.156. The molecule has 1 aromatic heterocycles. The Hall–Kier alpha value is -2.33. The average molecular weight is 345 g/mol. The van der Waals surface area contributed by atoms with E-state index in [2.05, 4.69) is 10.3 Å². The monoisotopic (exact) mass is 344 g/mol. The number of aromatic nitrogens is 1. The van der Waals surface area contributed by atoms with E-state index in [0.29, 0.717) is 10.6 Å². The molecule has 1 amide bonds. The van der Waals surface area contributed by atoms with E-state index in [0.717, 1.165) is 16.5 Å². The van der Waals surface area contributed by atoms with E-state index in [1.54, 1.807) is 24.3 Å². The first-order valence-corrected chi connectivity index (χ1v) is 8.06. The first-order valence-electron chi connectivity index (χ1n) is 7.68. The topological polar surface area (TPSA) is 44.9 Å². The molecular formula is C19H18ClFN2O. The predicted molar refractivity (Wildman–Crippen MR) is 94.6 cm³/mol. The zero-order valence-corrected chi connectivity index (χ0v) is 14.2. The van der Waals surface area contributed by atoms with Gasteiger partial charge in [0.15, 0.2) is 0 Å². The van der Waals surface area contributed by atoms with Gasteiger partial charge >= 0.3 is 0 Å². The summed E-state index contributed by atoms with van der Waals surface area (Å²) >= 11 is 6.00. The number of benzene rings is 2. The number of fused-ring (bicyclic) bond motifs is 1. The molecule has 124 valence electrons. The third-order valence-electron chi connectivity index (χ3n) is 4.28. The molecule has 3 aromatic rings. The van der Waals surface area contributed by atoms with E-state index >= 15 is 0 Å². The number of rotatable bonds is 4. The molecule has 0 saturated heterocycles. The first kappa shape index (κ1) is 16.5. The number of hydrogen-bond acceptors (Lipinski definition) is 1. The number of halogens is 2. The Balaban J connectivity index is 1.83. The highest BCUT2D eigenvalue weighted by atomic mass is 35.5. The minimum atomic E-state index is -0.767. The summed E-state index contributed by atoms with van der Waals surface area (Å²) < 4.78 is 13.7. The lowest BCUT2D eigenvalue weighted by atomic mass is 9.83. The van der Waals surface area contributed by atoms with Crippen molar-refractivity contribution in [3.05, 3.63) is 70.6 Å². The van der Waals surface area contributed by atoms with Crippen LogP contribution < -0.4 is 5.32 Å². The van der Waals surface area contributed by atoms with Crippen molar-refractivity contribution >= 4 is 28.4 Å². The molecule has 0 aliphatic rings. The van der Waals surface area contributed by atoms with Gasteiger partial charge in [0.05, 0.1) is 5.41 Å². The molecule has 0 radical (unpaired) electrons. The van der Waals surface area contributed by atoms with Crippen molar-refractivity contribution in [2.45, 2.75) is 25.8 Å². The van der Waals surface area contributed by atoms with E-state index < -0.39 is 5.41 Å². The molecule has 3 nitrogen and oxygen atoms in total. The van der Waals surface area contributed by atoms with Crippen LogP contribution in [0, 0.1) is 5.82 Å². The van der Waals surface area contributed by atoms with Crippen LogP contribution >= 0.6 is 11.6 Å². The van der Waals surface area contributed by atoms with Crippen molar-refractivity contribution < 1.29 is 9.18 Å². The highest BCUT2D eigenvalue weighted by Gasteiger charge is 2.32. The summed E-state index contributed by atoms with van der Waals surface area (Å²) in [5.41, 5.74) is 1.46. The zero-order chi connectivity index (χ0) is 17.3. The van der Waals surface area contributed by atoms with Gasteiger partial charge in [-0.05, 0) is 37.6 Å². The standard InChI is InChI=1S/C19H18ClFN2O/c1-19(2,15-11-22-17-9-13(20)7-8-14(15)17)18(24)23-10-12-5-3-4-6-16(12)21/h3-9,11,22H,10H2,1-2H3,(H,23,24). The van der Waals surface area contributed by atoms with Crippen LogP contribution in [0.1, 0.15) is 25.0 Å². The maximum Gasteiger partial charge on any atom is 0.230 e. The van der Waals surface area contributed by atoms with Gasteiger partial charge in [-0.1, -0.05) is 35.9 Å². The Labute approximate surface area is 144 Å². The quantitative estimate of drug-likeness (QED) is 0.716. The highest BCUT2D eigenvalue weighted by Crippen LogP contribution is 2.32. The molecule has 3 rings (SSSR count). The fourth-order valence-corrected chi connectivity index (χ4v) is 2.95. The van der Waals surface area contributed by atoms with Gasteiger partial charge in [-0.25, -0.2) is 4.39 Å². The Morgan fingerprint density at radius 3 is 2.75 bits per heavy atom. The van der Waals surface area contributed by atoms with Crippen molar-refractivity contribution in [2.24, 2.45) is 0 Å². The van der Waals surface area contributed by atoms with Gasteiger partial charge in [-0.2, -0.15) is 0 Å². The molecule has 0 bridgehead atoms. The van der Waals surface area contributed by atoms with Crippen LogP contribution in [0.4, 0.5) is 4.39 Å². The smallest absolute Gasteiger partial charge is 0.230 e. The predicted octanol–water partition coefficient (Wildman–Crippen LogP) is 4.55. The summed E-state index contributed by atoms with van der Waals surface area (Å²) in [4.78, 5) is 15.8. The number of carbonyl (C=O) groups is 1. The molecule has 2 N–H and O–H groups in total. The Bertz CT molecular complexity index is 901. The maximum atomic E-state index is 13.7. The summed E-state index contributed by atoms with van der Waals surface area (Å²) in [6.45, 7) is 3.85. The lowest BCUT2D eigenvalue weighted by Gasteiger charge is -2.23. The molecule has 0 atom stereocenters. The van der Waals surface area contributed by atoms with Crippen molar-refractivity contribution in [2.75, 3.05) is 0 Å². The summed E-state index contributed by atoms with van der Waals surface area (Å²) in [6, 6.07) is 11.9. The third-order valence-corrected chi connectivity index (χ3v) is 4.52. The maximum absolute atomic E-state index is 13.7. The highest BCUT2D eigenvalue weighted by molar-refractivity contribution is 6.31. The third kappa shape index (κ3) is 3.02. The van der Waals surface area contributed by atoms with E-state index in [1.807, 2.05) is 32.2 Å². The average Bonchev–Trinajstić information content (AvgIpc) is 2.97. The minimum Gasteiger partial charge on any atom is -0.361 e. The lowest BCUT2D eigenvalue weighted by molar-refractivity contribution is -0.125. The van der Waals surface area contributed by atoms with E-state index in [9.17, 15) is 9.18 Å². The molecule has 0 fully saturated rings. The molecular weight excluding hydrogens is 327 g/mol. The van der Waals surface area contributed by atoms with Gasteiger partial charge in [-0.15, -0.1) is 0 Å². The summed E-state index contributed by atoms with van der Waals surface area (Å²) in [5.74, 6) is -0.487. The number of aromatic amines is 1. The van der Waals surface area contributed by atoms with Gasteiger partial charge in [0.2, 0.25) is 5.91 Å². The molecule has 5 heteroatoms. The molecule has 0 aliphatic carbocycles. The number of hydrogen-bond donors (Lipinski definition) is 2. The van der Waals surface area contributed by atoms with Crippen molar-refractivity contribution in [3.63, 3.8) is 0 Å². The second kappa shape index (κ2) is 6.29. The lowest BCUT2D eigenvalue weighted by Crippen LogP contribution is -2.39. The molecule has 0 spiro atoms. The Morgan fingerprint density at radius 2 is 2.00 bits per heavy atom. The van der Waals surface area contributed by atoms with E-state index in [4.69, 9.17) is 11.6 Å². The summed E-state index contributed by atoms with van der Waals surface area (Å²) in [5, 5.41) is 4.41. The normalized spacial score (nSPS) is 11.7. The fraction of sp³-hybridized carbons (Fsp3) is 0.211. The van der Waals surface area contributed by atoms with Crippen LogP contribution in [-0.2, 0) is 16.8 Å². The number of amides is 1. The SMILES string of the molecule is CC(C)(C(=O)NCc1ccccc1F)c1c[nH]c2cc(Cl)ccc12. The van der Waals surface area contributed by atoms with Crippen LogP contribution in [0.2, 0.25) is 5.02 Å². The van der Waals surface area contributed by atoms with Crippen LogP contribution in [-0.4, -0.2) is 10.9 Å². The van der Waals surface area contributed by atoms with Crippen LogP contribution in [0.5, 0.6) is 0 Å². The van der Waals surface area contributed by atoms with Gasteiger partial charge < -0.3 is 10.3 Å². The Morgan fingerprint density at radius 1 is 1.25 bits per heavy atom. The molecule has 2 aromatic carbocycles. The van der Waals surface area contributed by atoms with Crippen molar-refractivity contribution in [3.8, 4) is 0 Å². The van der Waals surface area contributed by atoms with Crippen molar-refractivity contribution in [1.82, 2.24) is 10.3 Å². The summed E-state index contributed by atoms with van der Waals surface area (Å²) in [6.07, 6.45) is 1.82. The van der Waals surface area contributed by atoms with Gasteiger partial charge in [0, 0.05) is 34.2 Å². The van der Waals surface area contributed by atoms with Gasteiger partial charge in [0.25, 0.3) is 0 Å². The Kier molecular flexibility index (Phi) is 4.33. The van der Waals surface area contributed by atoms with Gasteiger partial charge in [0.1, 0.15) is 5.82 Å². The number of H-pyrrole nitrogens is 1. The largest absolute Gasteiger partial charge is 0.361 e. The summed E-state index contributed by atoms with van der Waals surface area (Å²) in [7, 11) is 0.